The summed E-state index contributed by atoms with van der Waals surface area (Å²) in [5.41, 5.74) is 1.86. The molecule has 27 heavy (non-hydrogen) atoms. The van der Waals surface area contributed by atoms with Gasteiger partial charge in [-0.3, -0.25) is 4.79 Å². The van der Waals surface area contributed by atoms with Gasteiger partial charge in [0.25, 0.3) is 0 Å². The lowest BCUT2D eigenvalue weighted by Gasteiger charge is -2.32. The Morgan fingerprint density at radius 2 is 2.00 bits per heavy atom. The summed E-state index contributed by atoms with van der Waals surface area (Å²) in [5, 5.41) is 5.72. The number of hydrogen-bond acceptors (Lipinski definition) is 2. The molecule has 1 saturated heterocycles. The van der Waals surface area contributed by atoms with Crippen LogP contribution in [0.3, 0.4) is 0 Å². The van der Waals surface area contributed by atoms with Gasteiger partial charge < -0.3 is 15.5 Å². The van der Waals surface area contributed by atoms with E-state index in [0.29, 0.717) is 25.9 Å². The van der Waals surface area contributed by atoms with E-state index in [1.807, 2.05) is 31.2 Å². The number of amides is 3. The SMILES string of the molecule is Cc1cccc(NC(=O)N2CCCC(C(=O)Nc3ccc(Cl)cc3F)C2)c1. The number of benzene rings is 2. The predicted octanol–water partition coefficient (Wildman–Crippen LogP) is 4.67. The molecule has 2 aromatic rings. The first kappa shape index (κ1) is 19.2. The Hall–Kier alpha value is -2.60. The van der Waals surface area contributed by atoms with E-state index < -0.39 is 11.7 Å². The Morgan fingerprint density at radius 3 is 2.74 bits per heavy atom. The molecule has 7 heteroatoms. The largest absolute Gasteiger partial charge is 0.324 e. The van der Waals surface area contributed by atoms with E-state index in [0.717, 1.165) is 17.3 Å². The van der Waals surface area contributed by atoms with Crippen LogP contribution in [0.1, 0.15) is 18.4 Å². The van der Waals surface area contributed by atoms with Gasteiger partial charge in [-0.25, -0.2) is 9.18 Å². The number of nitrogens with one attached hydrogen (secondary N) is 2. The summed E-state index contributed by atoms with van der Waals surface area (Å²) in [5.74, 6) is -1.28. The molecule has 142 valence electrons. The molecule has 1 aliphatic heterocycles. The summed E-state index contributed by atoms with van der Waals surface area (Å²) in [6, 6.07) is 11.4. The standard InChI is InChI=1S/C20H21ClFN3O2/c1-13-4-2-6-16(10-13)23-20(27)25-9-3-5-14(12-25)19(26)24-18-8-7-15(21)11-17(18)22/h2,4,6-8,10-11,14H,3,5,9,12H2,1H3,(H,23,27)(H,24,26). The number of hydrogen-bond donors (Lipinski definition) is 2. The lowest BCUT2D eigenvalue weighted by molar-refractivity contribution is -0.121. The number of aryl methyl sites for hydroxylation is 1. The molecular formula is C20H21ClFN3O2. The number of carbonyl (C=O) groups excluding carboxylic acids is 2. The van der Waals surface area contributed by atoms with Crippen LogP contribution in [0.15, 0.2) is 42.5 Å². The van der Waals surface area contributed by atoms with Gasteiger partial charge in [-0.05, 0) is 55.7 Å². The molecule has 0 radical (unpaired) electrons. The lowest BCUT2D eigenvalue weighted by Crippen LogP contribution is -2.45. The number of nitrogens with zero attached hydrogens (tertiary/aromatic N) is 1. The number of carbonyl (C=O) groups is 2. The summed E-state index contributed by atoms with van der Waals surface area (Å²) in [4.78, 5) is 26.6. The molecule has 5 nitrogen and oxygen atoms in total. The van der Waals surface area contributed by atoms with Gasteiger partial charge in [0.2, 0.25) is 5.91 Å². The minimum Gasteiger partial charge on any atom is -0.324 e. The fraction of sp³-hybridized carbons (Fsp3) is 0.300. The molecule has 2 N–H and O–H groups in total. The summed E-state index contributed by atoms with van der Waals surface area (Å²) in [6.07, 6.45) is 1.36. The van der Waals surface area contributed by atoms with Crippen molar-refractivity contribution in [2.75, 3.05) is 23.7 Å². The van der Waals surface area contributed by atoms with Crippen molar-refractivity contribution in [2.24, 2.45) is 5.92 Å². The topological polar surface area (TPSA) is 61.4 Å². The highest BCUT2D eigenvalue weighted by atomic mass is 35.5. The monoisotopic (exact) mass is 389 g/mol. The van der Waals surface area contributed by atoms with E-state index >= 15 is 0 Å². The van der Waals surface area contributed by atoms with Crippen LogP contribution in [0, 0.1) is 18.7 Å². The van der Waals surface area contributed by atoms with Crippen LogP contribution in [0.5, 0.6) is 0 Å². The number of halogens is 2. The summed E-state index contributed by atoms with van der Waals surface area (Å²) >= 11 is 5.73. The van der Waals surface area contributed by atoms with Crippen LogP contribution in [-0.4, -0.2) is 29.9 Å². The van der Waals surface area contributed by atoms with Crippen molar-refractivity contribution in [3.05, 3.63) is 58.9 Å². The van der Waals surface area contributed by atoms with Crippen molar-refractivity contribution in [3.8, 4) is 0 Å². The highest BCUT2D eigenvalue weighted by Gasteiger charge is 2.29. The lowest BCUT2D eigenvalue weighted by atomic mass is 9.97. The maximum absolute atomic E-state index is 13.9. The minimum absolute atomic E-state index is 0.0886. The van der Waals surface area contributed by atoms with E-state index in [1.165, 1.54) is 12.1 Å². The Bertz CT molecular complexity index is 859. The average molecular weight is 390 g/mol. The molecule has 1 heterocycles. The molecule has 1 fully saturated rings. The molecule has 2 aromatic carbocycles. The van der Waals surface area contributed by atoms with Crippen molar-refractivity contribution >= 4 is 34.9 Å². The number of piperidine rings is 1. The second-order valence-electron chi connectivity index (χ2n) is 6.70. The van der Waals surface area contributed by atoms with Crippen molar-refractivity contribution in [1.82, 2.24) is 4.90 Å². The maximum Gasteiger partial charge on any atom is 0.321 e. The zero-order chi connectivity index (χ0) is 19.4. The van der Waals surface area contributed by atoms with E-state index in [9.17, 15) is 14.0 Å². The minimum atomic E-state index is -0.583. The normalized spacial score (nSPS) is 16.7. The third kappa shape index (κ3) is 4.98. The third-order valence-electron chi connectivity index (χ3n) is 4.54. The first-order chi connectivity index (χ1) is 12.9. The molecule has 1 atom stereocenters. The Balaban J connectivity index is 1.61. The van der Waals surface area contributed by atoms with Gasteiger partial charge in [-0.15, -0.1) is 0 Å². The van der Waals surface area contributed by atoms with Crippen LogP contribution >= 0.6 is 11.6 Å². The highest BCUT2D eigenvalue weighted by Crippen LogP contribution is 2.23. The number of rotatable bonds is 3. The summed E-state index contributed by atoms with van der Waals surface area (Å²) in [7, 11) is 0. The fourth-order valence-electron chi connectivity index (χ4n) is 3.13. The molecule has 0 aromatic heterocycles. The van der Waals surface area contributed by atoms with Gasteiger partial charge in [0.15, 0.2) is 0 Å². The summed E-state index contributed by atoms with van der Waals surface area (Å²) in [6.45, 7) is 2.82. The molecule has 1 unspecified atom stereocenters. The smallest absolute Gasteiger partial charge is 0.321 e. The van der Waals surface area contributed by atoms with Crippen LogP contribution in [0.4, 0.5) is 20.6 Å². The van der Waals surface area contributed by atoms with Crippen molar-refractivity contribution in [1.29, 1.82) is 0 Å². The summed E-state index contributed by atoms with van der Waals surface area (Å²) < 4.78 is 13.9. The van der Waals surface area contributed by atoms with Crippen LogP contribution in [0.2, 0.25) is 5.02 Å². The van der Waals surface area contributed by atoms with Gasteiger partial charge in [0, 0.05) is 23.8 Å². The highest BCUT2D eigenvalue weighted by molar-refractivity contribution is 6.30. The molecule has 3 rings (SSSR count). The van der Waals surface area contributed by atoms with Crippen LogP contribution in [0.25, 0.3) is 0 Å². The van der Waals surface area contributed by atoms with Gasteiger partial charge in [0.1, 0.15) is 5.82 Å². The van der Waals surface area contributed by atoms with Gasteiger partial charge in [0.05, 0.1) is 11.6 Å². The van der Waals surface area contributed by atoms with Crippen LogP contribution < -0.4 is 10.6 Å². The average Bonchev–Trinajstić information content (AvgIpc) is 2.64. The van der Waals surface area contributed by atoms with E-state index in [-0.39, 0.29) is 22.6 Å². The van der Waals surface area contributed by atoms with Crippen molar-refractivity contribution in [2.45, 2.75) is 19.8 Å². The van der Waals surface area contributed by atoms with Gasteiger partial charge in [-0.1, -0.05) is 23.7 Å². The zero-order valence-electron chi connectivity index (χ0n) is 15.0. The molecule has 0 bridgehead atoms. The Labute approximate surface area is 162 Å². The Kier molecular flexibility index (Phi) is 5.96. The third-order valence-corrected chi connectivity index (χ3v) is 4.77. The first-order valence-corrected chi connectivity index (χ1v) is 9.18. The number of likely N-dealkylation sites (tertiary alicyclic amines) is 1. The number of urea groups is 1. The Morgan fingerprint density at radius 1 is 1.19 bits per heavy atom. The molecule has 0 saturated carbocycles. The van der Waals surface area contributed by atoms with E-state index in [2.05, 4.69) is 10.6 Å². The molecule has 3 amide bonds. The van der Waals surface area contributed by atoms with Crippen molar-refractivity contribution < 1.29 is 14.0 Å². The first-order valence-electron chi connectivity index (χ1n) is 8.81. The zero-order valence-corrected chi connectivity index (χ0v) is 15.7. The second-order valence-corrected chi connectivity index (χ2v) is 7.13. The fourth-order valence-corrected chi connectivity index (χ4v) is 3.29. The van der Waals surface area contributed by atoms with E-state index in [1.54, 1.807) is 4.90 Å². The van der Waals surface area contributed by atoms with Gasteiger partial charge in [-0.2, -0.15) is 0 Å². The molecular weight excluding hydrogens is 369 g/mol. The predicted molar refractivity (Wildman–Crippen MR) is 105 cm³/mol. The molecule has 1 aliphatic rings. The maximum atomic E-state index is 13.9. The molecule has 0 spiro atoms. The number of anilines is 2. The van der Waals surface area contributed by atoms with Crippen LogP contribution in [-0.2, 0) is 4.79 Å². The molecule has 0 aliphatic carbocycles. The van der Waals surface area contributed by atoms with Crippen molar-refractivity contribution in [3.63, 3.8) is 0 Å². The van der Waals surface area contributed by atoms with Gasteiger partial charge >= 0.3 is 6.03 Å². The second kappa shape index (κ2) is 8.39. The van der Waals surface area contributed by atoms with E-state index in [4.69, 9.17) is 11.6 Å². The quantitative estimate of drug-likeness (QED) is 0.801.